The van der Waals surface area contributed by atoms with Gasteiger partial charge in [-0.1, -0.05) is 6.07 Å². The number of carbonyl (C=O) groups excluding carboxylic acids is 2. The second-order valence-electron chi connectivity index (χ2n) is 6.27. The lowest BCUT2D eigenvalue weighted by molar-refractivity contribution is -0.385. The van der Waals surface area contributed by atoms with Crippen LogP contribution in [0.3, 0.4) is 0 Å². The van der Waals surface area contributed by atoms with Crippen LogP contribution in [-0.4, -0.2) is 39.1 Å². The van der Waals surface area contributed by atoms with Crippen LogP contribution in [0.2, 0.25) is 0 Å². The fourth-order valence-corrected chi connectivity index (χ4v) is 3.55. The fraction of sp³-hybridized carbons (Fsp3) is 0.211. The van der Waals surface area contributed by atoms with E-state index in [2.05, 4.69) is 4.98 Å². The summed E-state index contributed by atoms with van der Waals surface area (Å²) in [4.78, 5) is 40.0. The van der Waals surface area contributed by atoms with E-state index in [4.69, 9.17) is 9.47 Å². The minimum Gasteiger partial charge on any atom is -0.493 e. The van der Waals surface area contributed by atoms with Crippen LogP contribution in [0.1, 0.15) is 19.4 Å². The third-order valence-corrected chi connectivity index (χ3v) is 4.86. The van der Waals surface area contributed by atoms with Gasteiger partial charge in [0.15, 0.2) is 11.5 Å². The molecule has 3 rings (SSSR count). The molecule has 0 saturated carbocycles. The molecule has 29 heavy (non-hydrogen) atoms. The standard InChI is InChI=1S/C19H17N3O6S/c1-11(2)21-18(23)16(29-19(21)24)9-12-4-6-14(15(8-12)27-3)28-17-7-5-13(10-20-17)22(25)26/h4-11H,1-3H3/b16-9+. The van der Waals surface area contributed by atoms with Crippen LogP contribution in [0.25, 0.3) is 6.08 Å². The highest BCUT2D eigenvalue weighted by Crippen LogP contribution is 2.36. The molecular weight excluding hydrogens is 398 g/mol. The van der Waals surface area contributed by atoms with Gasteiger partial charge in [-0.05, 0) is 49.4 Å². The molecule has 1 aromatic heterocycles. The van der Waals surface area contributed by atoms with E-state index < -0.39 is 4.92 Å². The van der Waals surface area contributed by atoms with Gasteiger partial charge in [0, 0.05) is 18.2 Å². The maximum absolute atomic E-state index is 12.4. The molecule has 0 aliphatic carbocycles. The summed E-state index contributed by atoms with van der Waals surface area (Å²) in [5.41, 5.74) is 0.509. The number of rotatable bonds is 6. The van der Waals surface area contributed by atoms with E-state index >= 15 is 0 Å². The molecule has 2 aromatic rings. The van der Waals surface area contributed by atoms with E-state index in [9.17, 15) is 19.7 Å². The highest BCUT2D eigenvalue weighted by Gasteiger charge is 2.36. The normalized spacial score (nSPS) is 15.3. The van der Waals surface area contributed by atoms with Gasteiger partial charge in [0.25, 0.3) is 16.8 Å². The Morgan fingerprint density at radius 3 is 2.52 bits per heavy atom. The van der Waals surface area contributed by atoms with Gasteiger partial charge in [-0.15, -0.1) is 0 Å². The molecule has 0 spiro atoms. The minimum absolute atomic E-state index is 0.144. The molecular formula is C19H17N3O6S. The number of pyridine rings is 1. The van der Waals surface area contributed by atoms with Gasteiger partial charge in [0.2, 0.25) is 5.88 Å². The maximum Gasteiger partial charge on any atom is 0.293 e. The third-order valence-electron chi connectivity index (χ3n) is 3.97. The summed E-state index contributed by atoms with van der Waals surface area (Å²) >= 11 is 0.890. The molecule has 1 saturated heterocycles. The van der Waals surface area contributed by atoms with Crippen molar-refractivity contribution in [1.29, 1.82) is 0 Å². The molecule has 2 heterocycles. The molecule has 0 unspecified atom stereocenters. The second kappa shape index (κ2) is 8.31. The van der Waals surface area contributed by atoms with Crippen LogP contribution >= 0.6 is 11.8 Å². The van der Waals surface area contributed by atoms with Crippen molar-refractivity contribution in [1.82, 2.24) is 9.88 Å². The number of nitrogens with zero attached hydrogens (tertiary/aromatic N) is 3. The Kier molecular flexibility index (Phi) is 5.83. The number of nitro groups is 1. The number of amides is 2. The van der Waals surface area contributed by atoms with Crippen molar-refractivity contribution in [3.8, 4) is 17.4 Å². The van der Waals surface area contributed by atoms with Crippen LogP contribution in [0, 0.1) is 10.1 Å². The monoisotopic (exact) mass is 415 g/mol. The number of benzene rings is 1. The van der Waals surface area contributed by atoms with Crippen LogP contribution in [0.15, 0.2) is 41.4 Å². The maximum atomic E-state index is 12.4. The Balaban J connectivity index is 1.83. The number of hydrogen-bond donors (Lipinski definition) is 0. The molecule has 1 aliphatic rings. The minimum atomic E-state index is -0.548. The average Bonchev–Trinajstić information content (AvgIpc) is 2.96. The molecule has 150 valence electrons. The number of methoxy groups -OCH3 is 1. The largest absolute Gasteiger partial charge is 0.493 e. The van der Waals surface area contributed by atoms with E-state index in [1.807, 2.05) is 0 Å². The van der Waals surface area contributed by atoms with Crippen LogP contribution in [0.4, 0.5) is 10.5 Å². The Hall–Kier alpha value is -3.40. The summed E-state index contributed by atoms with van der Waals surface area (Å²) in [5, 5.41) is 10.4. The average molecular weight is 415 g/mol. The van der Waals surface area contributed by atoms with Crippen molar-refractivity contribution in [3.63, 3.8) is 0 Å². The number of imide groups is 1. The number of hydrogen-bond acceptors (Lipinski definition) is 8. The fourth-order valence-electron chi connectivity index (χ4n) is 2.59. The van der Waals surface area contributed by atoms with Gasteiger partial charge in [-0.25, -0.2) is 4.98 Å². The highest BCUT2D eigenvalue weighted by molar-refractivity contribution is 8.18. The molecule has 0 N–H and O–H groups in total. The SMILES string of the molecule is COc1cc(/C=C2/SC(=O)N(C(C)C)C2=O)ccc1Oc1ccc([N+](=O)[O-])cn1. The first-order chi connectivity index (χ1) is 13.8. The van der Waals surface area contributed by atoms with E-state index in [1.165, 1.54) is 24.1 Å². The van der Waals surface area contributed by atoms with Crippen LogP contribution < -0.4 is 9.47 Å². The Bertz CT molecular complexity index is 1000. The van der Waals surface area contributed by atoms with Gasteiger partial charge in [-0.3, -0.25) is 24.6 Å². The summed E-state index contributed by atoms with van der Waals surface area (Å²) in [7, 11) is 1.46. The zero-order valence-corrected chi connectivity index (χ0v) is 16.6. The van der Waals surface area contributed by atoms with E-state index in [0.717, 1.165) is 18.0 Å². The summed E-state index contributed by atoms with van der Waals surface area (Å²) < 4.78 is 11.0. The lowest BCUT2D eigenvalue weighted by Crippen LogP contribution is -2.34. The molecule has 1 aromatic carbocycles. The van der Waals surface area contributed by atoms with Crippen molar-refractivity contribution in [2.45, 2.75) is 19.9 Å². The van der Waals surface area contributed by atoms with Crippen molar-refractivity contribution in [2.75, 3.05) is 7.11 Å². The second-order valence-corrected chi connectivity index (χ2v) is 7.26. The number of aromatic nitrogens is 1. The molecule has 0 bridgehead atoms. The molecule has 1 aliphatic heterocycles. The summed E-state index contributed by atoms with van der Waals surface area (Å²) in [5.74, 6) is 0.562. The number of carbonyl (C=O) groups is 2. The quantitative estimate of drug-likeness (QED) is 0.391. The lowest BCUT2D eigenvalue weighted by atomic mass is 10.1. The number of ether oxygens (including phenoxy) is 2. The first-order valence-corrected chi connectivity index (χ1v) is 9.35. The topological polar surface area (TPSA) is 112 Å². The smallest absolute Gasteiger partial charge is 0.293 e. The van der Waals surface area contributed by atoms with E-state index in [1.54, 1.807) is 38.1 Å². The molecule has 10 heteroatoms. The first-order valence-electron chi connectivity index (χ1n) is 8.53. The Morgan fingerprint density at radius 2 is 1.97 bits per heavy atom. The van der Waals surface area contributed by atoms with Gasteiger partial charge < -0.3 is 9.47 Å². The summed E-state index contributed by atoms with van der Waals surface area (Å²) in [6.07, 6.45) is 2.71. The van der Waals surface area contributed by atoms with Crippen molar-refractivity contribution in [2.24, 2.45) is 0 Å². The predicted octanol–water partition coefficient (Wildman–Crippen LogP) is 4.24. The zero-order chi connectivity index (χ0) is 21.1. The van der Waals surface area contributed by atoms with Gasteiger partial charge >= 0.3 is 0 Å². The Morgan fingerprint density at radius 1 is 1.21 bits per heavy atom. The van der Waals surface area contributed by atoms with Crippen molar-refractivity contribution < 1.29 is 24.0 Å². The summed E-state index contributed by atoms with van der Waals surface area (Å²) in [6, 6.07) is 7.44. The Labute approximate surface area is 170 Å². The molecule has 9 nitrogen and oxygen atoms in total. The zero-order valence-electron chi connectivity index (χ0n) is 15.8. The van der Waals surface area contributed by atoms with E-state index in [0.29, 0.717) is 22.0 Å². The van der Waals surface area contributed by atoms with Crippen LogP contribution in [0.5, 0.6) is 17.4 Å². The van der Waals surface area contributed by atoms with Crippen molar-refractivity contribution >= 4 is 34.7 Å². The molecule has 0 atom stereocenters. The lowest BCUT2D eigenvalue weighted by Gasteiger charge is -2.16. The van der Waals surface area contributed by atoms with Crippen molar-refractivity contribution in [3.05, 3.63) is 57.1 Å². The first kappa shape index (κ1) is 20.3. The van der Waals surface area contributed by atoms with Gasteiger partial charge in [-0.2, -0.15) is 0 Å². The van der Waals surface area contributed by atoms with Gasteiger partial charge in [0.05, 0.1) is 16.9 Å². The van der Waals surface area contributed by atoms with E-state index in [-0.39, 0.29) is 28.8 Å². The summed E-state index contributed by atoms with van der Waals surface area (Å²) in [6.45, 7) is 3.56. The van der Waals surface area contributed by atoms with Crippen LogP contribution in [-0.2, 0) is 4.79 Å². The van der Waals surface area contributed by atoms with Gasteiger partial charge in [0.1, 0.15) is 6.20 Å². The third kappa shape index (κ3) is 4.37. The predicted molar refractivity (Wildman–Crippen MR) is 107 cm³/mol. The number of thioether (sulfide) groups is 1. The molecule has 0 radical (unpaired) electrons. The molecule has 2 amide bonds. The molecule has 1 fully saturated rings. The highest BCUT2D eigenvalue weighted by atomic mass is 32.2.